The molecule has 0 unspecified atom stereocenters. The van der Waals surface area contributed by atoms with Crippen LogP contribution in [0.15, 0.2) is 146 Å². The van der Waals surface area contributed by atoms with Gasteiger partial charge >= 0.3 is 0 Å². The van der Waals surface area contributed by atoms with Gasteiger partial charge in [-0.2, -0.15) is 5.26 Å². The summed E-state index contributed by atoms with van der Waals surface area (Å²) in [7, 11) is 0. The van der Waals surface area contributed by atoms with Gasteiger partial charge < -0.3 is 4.57 Å². The van der Waals surface area contributed by atoms with E-state index in [0.717, 1.165) is 82.3 Å². The minimum Gasteiger partial charge on any atom is -0.309 e. The van der Waals surface area contributed by atoms with E-state index in [0.29, 0.717) is 5.56 Å². The summed E-state index contributed by atoms with van der Waals surface area (Å²) >= 11 is 0. The third-order valence-electron chi connectivity index (χ3n) is 9.04. The van der Waals surface area contributed by atoms with Gasteiger partial charge in [0, 0.05) is 38.2 Å². The standard InChI is InChI=1S/C42H24FN3/c43-29-18-15-27(16-19-29)42-37-24-34(31-10-4-5-11-32(31)41(37)33-12-6-7-13-38(33)45-42)28-17-21-40-36(23-28)35-22-26(25-44)14-20-39(35)46(40)30-8-2-1-3-9-30/h1-24H. The molecule has 214 valence electrons. The van der Waals surface area contributed by atoms with E-state index in [1.165, 1.54) is 12.1 Å². The lowest BCUT2D eigenvalue weighted by molar-refractivity contribution is 0.628. The maximum absolute atomic E-state index is 14.0. The number of para-hydroxylation sites is 2. The van der Waals surface area contributed by atoms with Crippen LogP contribution in [0.4, 0.5) is 4.39 Å². The minimum atomic E-state index is -0.275. The third kappa shape index (κ3) is 3.93. The predicted molar refractivity (Wildman–Crippen MR) is 187 cm³/mol. The first-order valence-electron chi connectivity index (χ1n) is 15.2. The van der Waals surface area contributed by atoms with Gasteiger partial charge in [-0.3, -0.25) is 0 Å². The molecule has 0 fully saturated rings. The Morgan fingerprint density at radius 1 is 0.543 bits per heavy atom. The lowest BCUT2D eigenvalue weighted by Gasteiger charge is -2.16. The van der Waals surface area contributed by atoms with Crippen LogP contribution in [0.2, 0.25) is 0 Å². The lowest BCUT2D eigenvalue weighted by atomic mass is 9.89. The van der Waals surface area contributed by atoms with E-state index in [1.807, 2.05) is 48.5 Å². The van der Waals surface area contributed by atoms with Crippen molar-refractivity contribution < 1.29 is 4.39 Å². The van der Waals surface area contributed by atoms with Crippen LogP contribution in [0.3, 0.4) is 0 Å². The summed E-state index contributed by atoms with van der Waals surface area (Å²) in [6.07, 6.45) is 0. The molecule has 9 rings (SSSR count). The molecule has 2 heterocycles. The van der Waals surface area contributed by atoms with Crippen molar-refractivity contribution in [1.82, 2.24) is 9.55 Å². The molecular formula is C42H24FN3. The molecule has 0 aliphatic carbocycles. The van der Waals surface area contributed by atoms with Gasteiger partial charge in [0.1, 0.15) is 5.82 Å². The topological polar surface area (TPSA) is 41.6 Å². The normalized spacial score (nSPS) is 11.6. The maximum Gasteiger partial charge on any atom is 0.123 e. The molecule has 0 N–H and O–H groups in total. The summed E-state index contributed by atoms with van der Waals surface area (Å²) in [6.45, 7) is 0. The van der Waals surface area contributed by atoms with Crippen LogP contribution in [0.1, 0.15) is 5.56 Å². The zero-order valence-corrected chi connectivity index (χ0v) is 24.6. The molecule has 2 aromatic heterocycles. The molecule has 0 amide bonds. The molecule has 0 aliphatic heterocycles. The van der Waals surface area contributed by atoms with Crippen LogP contribution in [0.5, 0.6) is 0 Å². The van der Waals surface area contributed by atoms with Crippen LogP contribution in [0.25, 0.3) is 82.3 Å². The van der Waals surface area contributed by atoms with Crippen LogP contribution in [-0.4, -0.2) is 9.55 Å². The summed E-state index contributed by atoms with van der Waals surface area (Å²) in [5.41, 5.74) is 8.56. The van der Waals surface area contributed by atoms with E-state index in [2.05, 4.69) is 83.4 Å². The number of aromatic nitrogens is 2. The van der Waals surface area contributed by atoms with E-state index >= 15 is 0 Å². The largest absolute Gasteiger partial charge is 0.309 e. The SMILES string of the molecule is N#Cc1ccc2c(c1)c1cc(-c3cc4c(-c5ccc(F)cc5)nc5ccccc5c4c4ccccc34)ccc1n2-c1ccccc1. The molecule has 0 spiro atoms. The van der Waals surface area contributed by atoms with Crippen molar-refractivity contribution in [3.63, 3.8) is 0 Å². The number of rotatable bonds is 3. The summed E-state index contributed by atoms with van der Waals surface area (Å²) in [4.78, 5) is 5.14. The van der Waals surface area contributed by atoms with E-state index in [4.69, 9.17) is 4.98 Å². The van der Waals surface area contributed by atoms with Gasteiger partial charge in [0.2, 0.25) is 0 Å². The first kappa shape index (κ1) is 26.1. The summed E-state index contributed by atoms with van der Waals surface area (Å²) in [5.74, 6) is -0.275. The van der Waals surface area contributed by atoms with Gasteiger partial charge in [0.05, 0.1) is 33.9 Å². The Balaban J connectivity index is 1.39. The molecule has 0 saturated carbocycles. The number of nitrogens with zero attached hydrogens (tertiary/aromatic N) is 3. The van der Waals surface area contributed by atoms with E-state index in [1.54, 1.807) is 12.1 Å². The van der Waals surface area contributed by atoms with Crippen molar-refractivity contribution in [2.75, 3.05) is 0 Å². The van der Waals surface area contributed by atoms with Crippen molar-refractivity contribution in [3.05, 3.63) is 157 Å². The quantitative estimate of drug-likeness (QED) is 0.192. The Kier molecular flexibility index (Phi) is 5.75. The molecule has 46 heavy (non-hydrogen) atoms. The number of hydrogen-bond donors (Lipinski definition) is 0. The number of hydrogen-bond acceptors (Lipinski definition) is 2. The Labute approximate surface area is 264 Å². The highest BCUT2D eigenvalue weighted by Crippen LogP contribution is 2.43. The van der Waals surface area contributed by atoms with E-state index in [9.17, 15) is 9.65 Å². The highest BCUT2D eigenvalue weighted by molar-refractivity contribution is 6.25. The fourth-order valence-corrected chi connectivity index (χ4v) is 7.00. The third-order valence-corrected chi connectivity index (χ3v) is 9.04. The zero-order valence-electron chi connectivity index (χ0n) is 24.6. The van der Waals surface area contributed by atoms with Gasteiger partial charge in [-0.05, 0) is 101 Å². The first-order chi connectivity index (χ1) is 22.7. The molecule has 9 aromatic rings. The minimum absolute atomic E-state index is 0.275. The highest BCUT2D eigenvalue weighted by atomic mass is 19.1. The van der Waals surface area contributed by atoms with Crippen molar-refractivity contribution in [3.8, 4) is 34.1 Å². The van der Waals surface area contributed by atoms with Gasteiger partial charge in [-0.25, -0.2) is 9.37 Å². The number of nitriles is 1. The van der Waals surface area contributed by atoms with Crippen LogP contribution in [-0.2, 0) is 0 Å². The Morgan fingerprint density at radius 3 is 1.98 bits per heavy atom. The van der Waals surface area contributed by atoms with E-state index in [-0.39, 0.29) is 5.82 Å². The molecule has 0 atom stereocenters. The molecule has 0 radical (unpaired) electrons. The summed E-state index contributed by atoms with van der Waals surface area (Å²) in [6, 6.07) is 50.8. The van der Waals surface area contributed by atoms with Crippen molar-refractivity contribution in [2.45, 2.75) is 0 Å². The van der Waals surface area contributed by atoms with Gasteiger partial charge in [0.25, 0.3) is 0 Å². The van der Waals surface area contributed by atoms with Crippen LogP contribution < -0.4 is 0 Å². The number of fused-ring (bicyclic) bond motifs is 8. The lowest BCUT2D eigenvalue weighted by Crippen LogP contribution is -1.94. The number of pyridine rings is 1. The first-order valence-corrected chi connectivity index (χ1v) is 15.2. The van der Waals surface area contributed by atoms with Gasteiger partial charge in [-0.15, -0.1) is 0 Å². The highest BCUT2D eigenvalue weighted by Gasteiger charge is 2.19. The number of halogens is 1. The van der Waals surface area contributed by atoms with Gasteiger partial charge in [-0.1, -0.05) is 66.7 Å². The second kappa shape index (κ2) is 10.1. The second-order valence-electron chi connectivity index (χ2n) is 11.6. The molecule has 4 heteroatoms. The molecule has 0 aliphatic rings. The molecule has 3 nitrogen and oxygen atoms in total. The number of benzene rings is 7. The van der Waals surface area contributed by atoms with Crippen LogP contribution in [0, 0.1) is 17.1 Å². The fourth-order valence-electron chi connectivity index (χ4n) is 7.00. The average Bonchev–Trinajstić information content (AvgIpc) is 3.44. The Hall–Kier alpha value is -6.31. The summed E-state index contributed by atoms with van der Waals surface area (Å²) < 4.78 is 16.3. The Bertz CT molecular complexity index is 2700. The van der Waals surface area contributed by atoms with Gasteiger partial charge in [0.15, 0.2) is 0 Å². The second-order valence-corrected chi connectivity index (χ2v) is 11.6. The van der Waals surface area contributed by atoms with Crippen molar-refractivity contribution in [1.29, 1.82) is 5.26 Å². The average molecular weight is 590 g/mol. The summed E-state index contributed by atoms with van der Waals surface area (Å²) in [5, 5.41) is 17.4. The molecule has 0 saturated heterocycles. The van der Waals surface area contributed by atoms with Crippen molar-refractivity contribution in [2.24, 2.45) is 0 Å². The van der Waals surface area contributed by atoms with Crippen molar-refractivity contribution >= 4 is 54.3 Å². The molecular weight excluding hydrogens is 565 g/mol. The smallest absolute Gasteiger partial charge is 0.123 e. The molecule has 0 bridgehead atoms. The van der Waals surface area contributed by atoms with Crippen LogP contribution >= 0.6 is 0 Å². The zero-order chi connectivity index (χ0) is 30.8. The predicted octanol–water partition coefficient (Wildman–Crippen LogP) is 11.0. The fraction of sp³-hybridized carbons (Fsp3) is 0. The maximum atomic E-state index is 14.0. The Morgan fingerprint density at radius 2 is 1.20 bits per heavy atom. The molecule has 7 aromatic carbocycles. The van der Waals surface area contributed by atoms with E-state index < -0.39 is 0 Å². The monoisotopic (exact) mass is 589 g/mol.